The third-order valence-electron chi connectivity index (χ3n) is 3.84. The topological polar surface area (TPSA) is 21.3 Å². The van der Waals surface area contributed by atoms with Crippen LogP contribution in [0.4, 0.5) is 0 Å². The zero-order valence-electron chi connectivity index (χ0n) is 9.83. The van der Waals surface area contributed by atoms with Crippen molar-refractivity contribution in [1.82, 2.24) is 5.32 Å². The molecule has 1 fully saturated rings. The maximum absolute atomic E-state index is 5.66. The molecule has 0 radical (unpaired) electrons. The second-order valence-electron chi connectivity index (χ2n) is 5.42. The highest BCUT2D eigenvalue weighted by Gasteiger charge is 2.37. The van der Waals surface area contributed by atoms with Gasteiger partial charge in [0.15, 0.2) is 0 Å². The van der Waals surface area contributed by atoms with Gasteiger partial charge in [-0.15, -0.1) is 0 Å². The van der Waals surface area contributed by atoms with Crippen molar-refractivity contribution in [3.05, 3.63) is 29.8 Å². The largest absolute Gasteiger partial charge is 0.493 e. The first-order valence-corrected chi connectivity index (χ1v) is 6.22. The summed E-state index contributed by atoms with van der Waals surface area (Å²) >= 11 is 0. The van der Waals surface area contributed by atoms with Gasteiger partial charge in [-0.1, -0.05) is 25.1 Å². The Labute approximate surface area is 97.0 Å². The second-order valence-corrected chi connectivity index (χ2v) is 5.42. The van der Waals surface area contributed by atoms with E-state index in [1.54, 1.807) is 0 Å². The molecule has 1 saturated carbocycles. The van der Waals surface area contributed by atoms with Gasteiger partial charge in [0.1, 0.15) is 5.75 Å². The van der Waals surface area contributed by atoms with Crippen molar-refractivity contribution in [2.24, 2.45) is 5.41 Å². The van der Waals surface area contributed by atoms with E-state index in [1.807, 2.05) is 6.07 Å². The van der Waals surface area contributed by atoms with Crippen LogP contribution in [0, 0.1) is 5.41 Å². The van der Waals surface area contributed by atoms with Gasteiger partial charge >= 0.3 is 0 Å². The normalized spacial score (nSPS) is 25.7. The Morgan fingerprint density at radius 3 is 3.00 bits per heavy atom. The molecule has 0 bridgehead atoms. The fourth-order valence-corrected chi connectivity index (χ4v) is 2.31. The first kappa shape index (κ1) is 10.2. The molecule has 1 aliphatic heterocycles. The van der Waals surface area contributed by atoms with E-state index in [0.29, 0.717) is 11.5 Å². The van der Waals surface area contributed by atoms with E-state index in [0.717, 1.165) is 25.3 Å². The first-order chi connectivity index (χ1) is 7.77. The standard InChI is InChI=1S/C14H19NO/c1-14(7-8-14)10-15-12-6-9-16-13-5-3-2-4-11(12)13/h2-5,12,15H,6-10H2,1H3. The molecule has 0 spiro atoms. The van der Waals surface area contributed by atoms with Crippen LogP contribution >= 0.6 is 0 Å². The summed E-state index contributed by atoms with van der Waals surface area (Å²) in [5.74, 6) is 1.06. The van der Waals surface area contributed by atoms with Gasteiger partial charge < -0.3 is 10.1 Å². The smallest absolute Gasteiger partial charge is 0.124 e. The lowest BCUT2D eigenvalue weighted by atomic mass is 9.99. The van der Waals surface area contributed by atoms with Crippen molar-refractivity contribution >= 4 is 0 Å². The van der Waals surface area contributed by atoms with E-state index < -0.39 is 0 Å². The summed E-state index contributed by atoms with van der Waals surface area (Å²) in [5.41, 5.74) is 1.91. The molecule has 3 rings (SSSR count). The Kier molecular flexibility index (Phi) is 2.40. The maximum Gasteiger partial charge on any atom is 0.124 e. The molecule has 86 valence electrons. The Balaban J connectivity index is 1.71. The number of para-hydroxylation sites is 1. The Morgan fingerprint density at radius 2 is 2.19 bits per heavy atom. The number of hydrogen-bond donors (Lipinski definition) is 1. The van der Waals surface area contributed by atoms with Crippen LogP contribution < -0.4 is 10.1 Å². The number of fused-ring (bicyclic) bond motifs is 1. The lowest BCUT2D eigenvalue weighted by Crippen LogP contribution is -2.30. The van der Waals surface area contributed by atoms with Gasteiger partial charge in [0.25, 0.3) is 0 Å². The van der Waals surface area contributed by atoms with Crippen molar-refractivity contribution in [2.45, 2.75) is 32.2 Å². The van der Waals surface area contributed by atoms with E-state index in [4.69, 9.17) is 4.74 Å². The highest BCUT2D eigenvalue weighted by molar-refractivity contribution is 5.37. The Bertz CT molecular complexity index is 384. The molecule has 0 aromatic heterocycles. The molecule has 1 atom stereocenters. The number of benzene rings is 1. The number of ether oxygens (including phenoxy) is 1. The molecule has 1 unspecified atom stereocenters. The third-order valence-corrected chi connectivity index (χ3v) is 3.84. The van der Waals surface area contributed by atoms with Crippen LogP contribution in [0.3, 0.4) is 0 Å². The van der Waals surface area contributed by atoms with Gasteiger partial charge in [0.2, 0.25) is 0 Å². The molecule has 2 nitrogen and oxygen atoms in total. The molecule has 1 aromatic rings. The van der Waals surface area contributed by atoms with E-state index in [-0.39, 0.29) is 0 Å². The van der Waals surface area contributed by atoms with Gasteiger partial charge in [-0.2, -0.15) is 0 Å². The molecule has 1 heterocycles. The molecular weight excluding hydrogens is 198 g/mol. The summed E-state index contributed by atoms with van der Waals surface area (Å²) in [4.78, 5) is 0. The molecule has 1 aromatic carbocycles. The SMILES string of the molecule is CC1(CNC2CCOc3ccccc32)CC1. The van der Waals surface area contributed by atoms with Crippen LogP contribution in [0.25, 0.3) is 0 Å². The van der Waals surface area contributed by atoms with Crippen LogP contribution in [0.1, 0.15) is 37.8 Å². The number of nitrogens with one attached hydrogen (secondary N) is 1. The Hall–Kier alpha value is -1.02. The van der Waals surface area contributed by atoms with Crippen LogP contribution in [0.15, 0.2) is 24.3 Å². The van der Waals surface area contributed by atoms with Crippen LogP contribution in [0.2, 0.25) is 0 Å². The molecular formula is C14H19NO. The molecule has 1 aliphatic carbocycles. The summed E-state index contributed by atoms with van der Waals surface area (Å²) in [6.07, 6.45) is 3.85. The zero-order chi connectivity index (χ0) is 11.0. The molecule has 1 N–H and O–H groups in total. The van der Waals surface area contributed by atoms with E-state index >= 15 is 0 Å². The predicted octanol–water partition coefficient (Wildman–Crippen LogP) is 2.90. The van der Waals surface area contributed by atoms with Crippen LogP contribution in [0.5, 0.6) is 5.75 Å². The quantitative estimate of drug-likeness (QED) is 0.840. The summed E-state index contributed by atoms with van der Waals surface area (Å²) < 4.78 is 5.66. The monoisotopic (exact) mass is 217 g/mol. The van der Waals surface area contributed by atoms with E-state index in [9.17, 15) is 0 Å². The Morgan fingerprint density at radius 1 is 1.38 bits per heavy atom. The third kappa shape index (κ3) is 1.94. The summed E-state index contributed by atoms with van der Waals surface area (Å²) in [7, 11) is 0. The van der Waals surface area contributed by atoms with Gasteiger partial charge in [-0.3, -0.25) is 0 Å². The van der Waals surface area contributed by atoms with Crippen molar-refractivity contribution < 1.29 is 4.74 Å². The van der Waals surface area contributed by atoms with Gasteiger partial charge in [0, 0.05) is 24.6 Å². The number of hydrogen-bond acceptors (Lipinski definition) is 2. The lowest BCUT2D eigenvalue weighted by molar-refractivity contribution is 0.248. The minimum absolute atomic E-state index is 0.488. The van der Waals surface area contributed by atoms with Crippen LogP contribution in [-0.2, 0) is 0 Å². The van der Waals surface area contributed by atoms with E-state index in [1.165, 1.54) is 18.4 Å². The van der Waals surface area contributed by atoms with Crippen molar-refractivity contribution in [2.75, 3.05) is 13.2 Å². The fraction of sp³-hybridized carbons (Fsp3) is 0.571. The van der Waals surface area contributed by atoms with E-state index in [2.05, 4.69) is 30.4 Å². The van der Waals surface area contributed by atoms with Crippen molar-refractivity contribution in [3.63, 3.8) is 0 Å². The number of rotatable bonds is 3. The van der Waals surface area contributed by atoms with Gasteiger partial charge in [-0.25, -0.2) is 0 Å². The summed E-state index contributed by atoms with van der Waals surface area (Å²) in [6, 6.07) is 8.88. The minimum atomic E-state index is 0.488. The summed E-state index contributed by atoms with van der Waals surface area (Å²) in [6.45, 7) is 4.35. The van der Waals surface area contributed by atoms with Gasteiger partial charge in [-0.05, 0) is 24.3 Å². The average molecular weight is 217 g/mol. The summed E-state index contributed by atoms with van der Waals surface area (Å²) in [5, 5.41) is 3.70. The molecule has 0 amide bonds. The molecule has 2 heteroatoms. The van der Waals surface area contributed by atoms with Crippen LogP contribution in [-0.4, -0.2) is 13.2 Å². The molecule has 16 heavy (non-hydrogen) atoms. The highest BCUT2D eigenvalue weighted by atomic mass is 16.5. The average Bonchev–Trinajstić information content (AvgIpc) is 3.05. The van der Waals surface area contributed by atoms with Crippen molar-refractivity contribution in [1.29, 1.82) is 0 Å². The lowest BCUT2D eigenvalue weighted by Gasteiger charge is -2.27. The highest BCUT2D eigenvalue weighted by Crippen LogP contribution is 2.45. The first-order valence-electron chi connectivity index (χ1n) is 6.22. The molecule has 2 aliphatic rings. The predicted molar refractivity (Wildman–Crippen MR) is 64.6 cm³/mol. The maximum atomic E-state index is 5.66. The fourth-order valence-electron chi connectivity index (χ4n) is 2.31. The van der Waals surface area contributed by atoms with Crippen molar-refractivity contribution in [3.8, 4) is 5.75 Å². The minimum Gasteiger partial charge on any atom is -0.493 e. The second kappa shape index (κ2) is 3.77. The molecule has 0 saturated heterocycles. The zero-order valence-corrected chi connectivity index (χ0v) is 9.83. The van der Waals surface area contributed by atoms with Gasteiger partial charge in [0.05, 0.1) is 6.61 Å².